The summed E-state index contributed by atoms with van der Waals surface area (Å²) in [6, 6.07) is 23.8. The minimum absolute atomic E-state index is 0.0475. The Morgan fingerprint density at radius 2 is 0.806 bits per heavy atom. The summed E-state index contributed by atoms with van der Waals surface area (Å²) in [5, 5.41) is 0. The van der Waals surface area contributed by atoms with Crippen LogP contribution in [-0.2, 0) is 12.8 Å². The van der Waals surface area contributed by atoms with E-state index in [1.165, 1.54) is 11.1 Å². The fourth-order valence-corrected chi connectivity index (χ4v) is 5.81. The fraction of sp³-hybridized carbons (Fsp3) is 0.235. The third kappa shape index (κ3) is 3.73. The maximum atomic E-state index is 14.3. The Labute approximate surface area is 214 Å². The van der Waals surface area contributed by atoms with Crippen molar-refractivity contribution in [2.24, 2.45) is 0 Å². The predicted octanol–water partition coefficient (Wildman–Crippen LogP) is 8.32. The molecule has 2 heteroatoms. The molecule has 0 N–H and O–H groups in total. The molecule has 1 aliphatic carbocycles. The summed E-state index contributed by atoms with van der Waals surface area (Å²) in [6.45, 7) is 8.56. The van der Waals surface area contributed by atoms with Crippen LogP contribution in [0.4, 0.5) is 0 Å². The summed E-state index contributed by atoms with van der Waals surface area (Å²) >= 11 is 0. The molecule has 0 aromatic heterocycles. The Bertz CT molecular complexity index is 1390. The second-order valence-corrected chi connectivity index (χ2v) is 9.79. The molecule has 4 aromatic rings. The summed E-state index contributed by atoms with van der Waals surface area (Å²) in [5.41, 5.74) is 10.8. The van der Waals surface area contributed by atoms with E-state index in [1.807, 2.05) is 36.4 Å². The average molecular weight is 473 g/mol. The quantitative estimate of drug-likeness (QED) is 0.249. The van der Waals surface area contributed by atoms with E-state index in [-0.39, 0.29) is 11.6 Å². The van der Waals surface area contributed by atoms with Crippen LogP contribution in [0.1, 0.15) is 80.8 Å². The number of rotatable bonds is 6. The minimum atomic E-state index is -0.0475. The van der Waals surface area contributed by atoms with Gasteiger partial charge in [0, 0.05) is 22.3 Å². The van der Waals surface area contributed by atoms with Gasteiger partial charge in [-0.1, -0.05) is 99.5 Å². The normalized spacial score (nSPS) is 12.4. The van der Waals surface area contributed by atoms with Crippen LogP contribution in [0.3, 0.4) is 0 Å². The lowest BCUT2D eigenvalue weighted by Gasteiger charge is -2.30. The molecule has 2 nitrogen and oxygen atoms in total. The van der Waals surface area contributed by atoms with E-state index in [2.05, 4.69) is 52.0 Å². The van der Waals surface area contributed by atoms with E-state index in [4.69, 9.17) is 0 Å². The Kier molecular flexibility index (Phi) is 6.45. The van der Waals surface area contributed by atoms with Crippen molar-refractivity contribution in [3.8, 4) is 22.3 Å². The maximum absolute atomic E-state index is 14.3. The van der Waals surface area contributed by atoms with Crippen LogP contribution in [0.5, 0.6) is 0 Å². The molecule has 0 atom stereocenters. The van der Waals surface area contributed by atoms with Crippen molar-refractivity contribution in [1.29, 1.82) is 0 Å². The van der Waals surface area contributed by atoms with Crippen molar-refractivity contribution in [2.45, 2.75) is 53.4 Å². The lowest BCUT2D eigenvalue weighted by atomic mass is 9.71. The Hall–Kier alpha value is -3.78. The Morgan fingerprint density at radius 1 is 0.472 bits per heavy atom. The van der Waals surface area contributed by atoms with Gasteiger partial charge in [0.15, 0.2) is 11.6 Å². The van der Waals surface area contributed by atoms with E-state index in [9.17, 15) is 9.59 Å². The van der Waals surface area contributed by atoms with Gasteiger partial charge in [0.1, 0.15) is 0 Å². The first-order valence-corrected chi connectivity index (χ1v) is 13.0. The van der Waals surface area contributed by atoms with Crippen molar-refractivity contribution in [1.82, 2.24) is 0 Å². The Morgan fingerprint density at radius 3 is 1.14 bits per heavy atom. The van der Waals surface area contributed by atoms with Crippen molar-refractivity contribution < 1.29 is 9.59 Å². The molecular weight excluding hydrogens is 440 g/mol. The molecule has 0 saturated carbocycles. The highest BCUT2D eigenvalue weighted by Gasteiger charge is 2.37. The highest BCUT2D eigenvalue weighted by molar-refractivity contribution is 6.32. The van der Waals surface area contributed by atoms with Gasteiger partial charge in [-0.05, 0) is 71.2 Å². The number of carbonyl (C=O) groups excluding carboxylic acids is 2. The van der Waals surface area contributed by atoms with E-state index < -0.39 is 0 Å². The van der Waals surface area contributed by atoms with Gasteiger partial charge in [-0.15, -0.1) is 0 Å². The van der Waals surface area contributed by atoms with Crippen LogP contribution >= 0.6 is 0 Å². The van der Waals surface area contributed by atoms with Gasteiger partial charge >= 0.3 is 0 Å². The van der Waals surface area contributed by atoms with E-state index in [1.54, 1.807) is 12.1 Å². The van der Waals surface area contributed by atoms with Gasteiger partial charge in [0.05, 0.1) is 0 Å². The molecule has 0 heterocycles. The molecule has 0 radical (unpaired) electrons. The molecule has 0 amide bonds. The lowest BCUT2D eigenvalue weighted by molar-refractivity contribution is 0.0980. The van der Waals surface area contributed by atoms with Crippen molar-refractivity contribution in [3.05, 3.63) is 117 Å². The fourth-order valence-electron chi connectivity index (χ4n) is 5.81. The van der Waals surface area contributed by atoms with Gasteiger partial charge in [0.2, 0.25) is 0 Å². The van der Waals surface area contributed by atoms with Crippen molar-refractivity contribution >= 4 is 11.6 Å². The van der Waals surface area contributed by atoms with Gasteiger partial charge < -0.3 is 0 Å². The second-order valence-electron chi connectivity index (χ2n) is 9.79. The van der Waals surface area contributed by atoms with Crippen LogP contribution in [0.15, 0.2) is 72.8 Å². The van der Waals surface area contributed by atoms with Gasteiger partial charge in [-0.2, -0.15) is 0 Å². The zero-order chi connectivity index (χ0) is 25.4. The standard InChI is InChI=1S/C34H32O2/c1-5-13-25-26(14-6-2)30(24-18-10-8-16-22(24)4)32-31(29(25)23-17-9-7-15-21(23)3)33(35)27-19-11-12-20-28(27)34(32)36/h7-12,15-20H,5-6,13-14H2,1-4H3. The van der Waals surface area contributed by atoms with Gasteiger partial charge in [-0.3, -0.25) is 9.59 Å². The van der Waals surface area contributed by atoms with E-state index >= 15 is 0 Å². The Balaban J connectivity index is 2.04. The van der Waals surface area contributed by atoms with Crippen LogP contribution < -0.4 is 0 Å². The average Bonchev–Trinajstić information content (AvgIpc) is 2.89. The van der Waals surface area contributed by atoms with Gasteiger partial charge in [0.25, 0.3) is 0 Å². The number of benzene rings is 4. The molecule has 36 heavy (non-hydrogen) atoms. The first-order chi connectivity index (χ1) is 17.5. The van der Waals surface area contributed by atoms with Crippen molar-refractivity contribution in [2.75, 3.05) is 0 Å². The molecule has 4 aromatic carbocycles. The van der Waals surface area contributed by atoms with Crippen LogP contribution in [-0.4, -0.2) is 11.6 Å². The molecular formula is C34H32O2. The molecule has 5 rings (SSSR count). The summed E-state index contributed by atoms with van der Waals surface area (Å²) in [7, 11) is 0. The highest BCUT2D eigenvalue weighted by atomic mass is 16.1. The highest BCUT2D eigenvalue weighted by Crippen LogP contribution is 2.46. The summed E-state index contributed by atoms with van der Waals surface area (Å²) in [6.07, 6.45) is 3.63. The molecule has 0 saturated heterocycles. The summed E-state index contributed by atoms with van der Waals surface area (Å²) < 4.78 is 0. The zero-order valence-corrected chi connectivity index (χ0v) is 21.6. The minimum Gasteiger partial charge on any atom is -0.289 e. The van der Waals surface area contributed by atoms with Crippen LogP contribution in [0.25, 0.3) is 22.3 Å². The van der Waals surface area contributed by atoms with Crippen LogP contribution in [0, 0.1) is 13.8 Å². The van der Waals surface area contributed by atoms with E-state index in [0.29, 0.717) is 22.3 Å². The molecule has 1 aliphatic rings. The third-order valence-corrected chi connectivity index (χ3v) is 7.42. The third-order valence-electron chi connectivity index (χ3n) is 7.42. The zero-order valence-electron chi connectivity index (χ0n) is 21.6. The number of hydrogen-bond acceptors (Lipinski definition) is 2. The van der Waals surface area contributed by atoms with Gasteiger partial charge in [-0.25, -0.2) is 0 Å². The van der Waals surface area contributed by atoms with E-state index in [0.717, 1.165) is 59.1 Å². The lowest BCUT2D eigenvalue weighted by Crippen LogP contribution is -2.25. The topological polar surface area (TPSA) is 34.1 Å². The summed E-state index contributed by atoms with van der Waals surface area (Å²) in [5.74, 6) is -0.0950. The second kappa shape index (κ2) is 9.70. The molecule has 0 bridgehead atoms. The molecule has 180 valence electrons. The number of fused-ring (bicyclic) bond motifs is 2. The number of carbonyl (C=O) groups is 2. The molecule has 0 aliphatic heterocycles. The number of ketones is 2. The molecule has 0 unspecified atom stereocenters. The maximum Gasteiger partial charge on any atom is 0.195 e. The first kappa shape index (κ1) is 23.9. The smallest absolute Gasteiger partial charge is 0.195 e. The van der Waals surface area contributed by atoms with Crippen LogP contribution in [0.2, 0.25) is 0 Å². The summed E-state index contributed by atoms with van der Waals surface area (Å²) in [4.78, 5) is 28.6. The number of aryl methyl sites for hydroxylation is 2. The number of hydrogen-bond donors (Lipinski definition) is 0. The largest absolute Gasteiger partial charge is 0.289 e. The monoisotopic (exact) mass is 472 g/mol. The SMILES string of the molecule is CCCc1c(CCC)c(-c2ccccc2C)c2c(c1-c1ccccc1C)C(=O)c1ccccc1C2=O. The first-order valence-electron chi connectivity index (χ1n) is 13.0. The predicted molar refractivity (Wildman–Crippen MR) is 148 cm³/mol. The van der Waals surface area contributed by atoms with Crippen molar-refractivity contribution in [3.63, 3.8) is 0 Å². The molecule has 0 fully saturated rings. The molecule has 0 spiro atoms.